The Hall–Kier alpha value is -0.0400. The normalized spacial score (nSPS) is 94.0. The van der Waals surface area contributed by atoms with Gasteiger partial charge in [0.25, 0.3) is 0 Å². The summed E-state index contributed by atoms with van der Waals surface area (Å²) in [5.41, 5.74) is 0. The van der Waals surface area contributed by atoms with E-state index in [4.69, 9.17) is 4.74 Å². The number of hydrogen-bond acceptors (Lipinski definition) is 1. The molecule has 0 spiro atoms. The van der Waals surface area contributed by atoms with Gasteiger partial charge < -0.3 is 4.74 Å². The molecule has 1 nitrogen and oxygen atoms in total. The van der Waals surface area contributed by atoms with Gasteiger partial charge in [-0.2, -0.15) is 0 Å². The Bertz CT molecular complexity index is 246. The minimum Gasteiger partial charge on any atom is -0.374 e. The van der Waals surface area contributed by atoms with E-state index in [1.807, 2.05) is 0 Å². The summed E-state index contributed by atoms with van der Waals surface area (Å²) in [6.07, 6.45) is 3.18. The van der Waals surface area contributed by atoms with Crippen molar-refractivity contribution in [3.05, 3.63) is 0 Å². The lowest BCUT2D eigenvalue weighted by Gasteiger charge is -2.43. The van der Waals surface area contributed by atoms with Crippen molar-refractivity contribution in [3.8, 4) is 0 Å². The fraction of sp³-hybridized carbons (Fsp3) is 1.00. The molecule has 7 fully saturated rings. The van der Waals surface area contributed by atoms with Crippen molar-refractivity contribution >= 4 is 0 Å². The van der Waals surface area contributed by atoms with Crippen molar-refractivity contribution in [2.75, 3.05) is 0 Å². The van der Waals surface area contributed by atoms with Crippen LogP contribution in [-0.4, -0.2) is 12.2 Å². The topological polar surface area (TPSA) is 9.23 Å². The molecule has 62 valence electrons. The van der Waals surface area contributed by atoms with Crippen LogP contribution in [0.25, 0.3) is 0 Å². The summed E-state index contributed by atoms with van der Waals surface area (Å²) in [5, 5.41) is 0. The Morgan fingerprint density at radius 1 is 0.667 bits per heavy atom. The second kappa shape index (κ2) is 1.06. The van der Waals surface area contributed by atoms with Crippen LogP contribution in [0, 0.1) is 47.3 Å². The summed E-state index contributed by atoms with van der Waals surface area (Å²) >= 11 is 0. The molecule has 0 aromatic rings. The molecular weight excluding hydrogens is 148 g/mol. The molecule has 0 aromatic carbocycles. The minimum atomic E-state index is 0.781. The summed E-state index contributed by atoms with van der Waals surface area (Å²) in [4.78, 5) is 0. The molecule has 4 bridgehead atoms. The van der Waals surface area contributed by atoms with E-state index in [9.17, 15) is 0 Å². The summed E-state index contributed by atoms with van der Waals surface area (Å²) < 4.78 is 6.17. The summed E-state index contributed by atoms with van der Waals surface area (Å²) in [6, 6.07) is 0. The molecule has 2 saturated heterocycles. The predicted octanol–water partition coefficient (Wildman–Crippen LogP) is 1.14. The molecule has 0 unspecified atom stereocenters. The van der Waals surface area contributed by atoms with Crippen molar-refractivity contribution < 1.29 is 4.74 Å². The third kappa shape index (κ3) is 0.222. The quantitative estimate of drug-likeness (QED) is 0.516. The van der Waals surface area contributed by atoms with Crippen molar-refractivity contribution in [2.24, 2.45) is 47.3 Å². The van der Waals surface area contributed by atoms with Crippen LogP contribution in [0.5, 0.6) is 0 Å². The van der Waals surface area contributed by atoms with Gasteiger partial charge in [0.1, 0.15) is 0 Å². The molecule has 2 heterocycles. The molecule has 5 aliphatic carbocycles. The molecular formula is C11H12O. The Kier molecular flexibility index (Phi) is 0.443. The molecule has 10 atom stereocenters. The SMILES string of the molecule is C1[C@@H]2[C@H]3[C@H]4[C@H]1[C@@H]1[C@H]5O[C@@H]([C@H]3[C@H]54)[C@H]21. The number of ether oxygens (including phenoxy) is 1. The smallest absolute Gasteiger partial charge is 0.0648 e. The standard InChI is InChI=1S/C11H12O/c1-2-4-5-3(1)7-6(2)10-8(4)9(5)11(7)12-10/h2-11H,1H2/t2-,3+,4+,5-,6-,7+,8-,9-,10-,11-/m1/s1. The Morgan fingerprint density at radius 2 is 1.25 bits per heavy atom. The summed E-state index contributed by atoms with van der Waals surface area (Å²) in [5.74, 6) is 8.98. The maximum Gasteiger partial charge on any atom is 0.0648 e. The van der Waals surface area contributed by atoms with Crippen molar-refractivity contribution in [3.63, 3.8) is 0 Å². The molecule has 12 heavy (non-hydrogen) atoms. The third-order valence-corrected chi connectivity index (χ3v) is 6.58. The van der Waals surface area contributed by atoms with Crippen molar-refractivity contribution in [1.82, 2.24) is 0 Å². The van der Waals surface area contributed by atoms with Crippen LogP contribution in [0.1, 0.15) is 6.42 Å². The lowest BCUT2D eigenvalue weighted by atomic mass is 9.60. The van der Waals surface area contributed by atoms with E-state index < -0.39 is 0 Å². The van der Waals surface area contributed by atoms with E-state index in [-0.39, 0.29) is 0 Å². The van der Waals surface area contributed by atoms with Crippen LogP contribution < -0.4 is 0 Å². The zero-order valence-electron chi connectivity index (χ0n) is 6.89. The molecule has 2 aliphatic heterocycles. The fourth-order valence-corrected chi connectivity index (χ4v) is 6.91. The van der Waals surface area contributed by atoms with Crippen molar-refractivity contribution in [2.45, 2.75) is 18.6 Å². The van der Waals surface area contributed by atoms with Gasteiger partial charge in [-0.05, 0) is 53.8 Å². The second-order valence-electron chi connectivity index (χ2n) is 6.09. The maximum atomic E-state index is 6.17. The van der Waals surface area contributed by atoms with E-state index >= 15 is 0 Å². The first kappa shape index (κ1) is 4.99. The first-order chi connectivity index (χ1) is 5.97. The van der Waals surface area contributed by atoms with Gasteiger partial charge in [0, 0.05) is 0 Å². The van der Waals surface area contributed by atoms with Crippen LogP contribution in [0.4, 0.5) is 0 Å². The molecule has 0 radical (unpaired) electrons. The zero-order valence-corrected chi connectivity index (χ0v) is 6.89. The highest BCUT2D eigenvalue weighted by atomic mass is 16.5. The molecule has 0 aromatic heterocycles. The third-order valence-electron chi connectivity index (χ3n) is 6.58. The predicted molar refractivity (Wildman–Crippen MR) is 41.2 cm³/mol. The van der Waals surface area contributed by atoms with Gasteiger partial charge in [-0.15, -0.1) is 0 Å². The number of rotatable bonds is 0. The average molecular weight is 160 g/mol. The minimum absolute atomic E-state index is 0.781. The maximum absolute atomic E-state index is 6.17. The van der Waals surface area contributed by atoms with Gasteiger partial charge in [-0.1, -0.05) is 0 Å². The van der Waals surface area contributed by atoms with E-state index in [0.29, 0.717) is 0 Å². The highest BCUT2D eigenvalue weighted by Crippen LogP contribution is 2.87. The molecule has 0 N–H and O–H groups in total. The van der Waals surface area contributed by atoms with Crippen LogP contribution in [0.15, 0.2) is 0 Å². The summed E-state index contributed by atoms with van der Waals surface area (Å²) in [6.45, 7) is 0. The first-order valence-electron chi connectivity index (χ1n) is 5.62. The second-order valence-corrected chi connectivity index (χ2v) is 6.09. The molecule has 0 amide bonds. The van der Waals surface area contributed by atoms with Gasteiger partial charge in [-0.3, -0.25) is 0 Å². The average Bonchev–Trinajstić information content (AvgIpc) is 2.51. The van der Waals surface area contributed by atoms with E-state index in [1.165, 1.54) is 11.8 Å². The Balaban J connectivity index is 1.86. The summed E-state index contributed by atoms with van der Waals surface area (Å²) in [7, 11) is 0. The van der Waals surface area contributed by atoms with E-state index in [2.05, 4.69) is 0 Å². The fourth-order valence-electron chi connectivity index (χ4n) is 6.91. The Labute approximate surface area is 71.5 Å². The van der Waals surface area contributed by atoms with Crippen LogP contribution in [0.2, 0.25) is 0 Å². The Morgan fingerprint density at radius 3 is 1.83 bits per heavy atom. The van der Waals surface area contributed by atoms with E-state index in [0.717, 1.165) is 47.7 Å². The zero-order chi connectivity index (χ0) is 7.19. The lowest BCUT2D eigenvalue weighted by Crippen LogP contribution is -2.43. The molecule has 7 rings (SSSR count). The van der Waals surface area contributed by atoms with Crippen molar-refractivity contribution in [1.29, 1.82) is 0 Å². The van der Waals surface area contributed by atoms with Gasteiger partial charge in [-0.25, -0.2) is 0 Å². The van der Waals surface area contributed by atoms with Gasteiger partial charge in [0.05, 0.1) is 12.2 Å². The first-order valence-corrected chi connectivity index (χ1v) is 5.62. The van der Waals surface area contributed by atoms with Gasteiger partial charge >= 0.3 is 0 Å². The van der Waals surface area contributed by atoms with Crippen LogP contribution in [-0.2, 0) is 4.74 Å². The highest BCUT2D eigenvalue weighted by molar-refractivity contribution is 5.34. The largest absolute Gasteiger partial charge is 0.374 e. The lowest BCUT2D eigenvalue weighted by molar-refractivity contribution is 0.0368. The highest BCUT2D eigenvalue weighted by Gasteiger charge is 2.87. The van der Waals surface area contributed by atoms with Crippen LogP contribution >= 0.6 is 0 Å². The number of hydrogen-bond donors (Lipinski definition) is 0. The van der Waals surface area contributed by atoms with Gasteiger partial charge in [0.2, 0.25) is 0 Å². The molecule has 1 heteroatoms. The van der Waals surface area contributed by atoms with Gasteiger partial charge in [0.15, 0.2) is 0 Å². The molecule has 5 saturated carbocycles. The van der Waals surface area contributed by atoms with E-state index in [1.54, 1.807) is 6.42 Å². The monoisotopic (exact) mass is 160 g/mol. The molecule has 7 aliphatic rings. The van der Waals surface area contributed by atoms with Crippen LogP contribution in [0.3, 0.4) is 0 Å².